The number of carbonyl (C=O) groups is 2. The minimum absolute atomic E-state index is 0.0542. The van der Waals surface area contributed by atoms with Crippen LogP contribution in [0.25, 0.3) is 11.3 Å². The molecule has 0 unspecified atom stereocenters. The standard InChI is InChI=1S/C29H28BrN3O3/c30-22-9-12-24-25(17-22)32-29(36)27(24)28(21-5-3-4-19(16-21)8-13-26(34)35)31-23-10-6-20(7-11-23)18-33-14-1-2-15-33/h3-7,9-12,16-17,31H,1-2,8,13-15,18H2,(H,32,36)(H,34,35). The molecule has 2 aliphatic rings. The highest BCUT2D eigenvalue weighted by molar-refractivity contribution is 9.10. The van der Waals surface area contributed by atoms with Crippen molar-refractivity contribution in [2.24, 2.45) is 0 Å². The van der Waals surface area contributed by atoms with Crippen LogP contribution in [0.5, 0.6) is 0 Å². The molecule has 0 radical (unpaired) electrons. The maximum absolute atomic E-state index is 13.2. The molecule has 1 saturated heterocycles. The lowest BCUT2D eigenvalue weighted by Crippen LogP contribution is -2.18. The number of hydrogen-bond acceptors (Lipinski definition) is 4. The topological polar surface area (TPSA) is 81.7 Å². The molecule has 1 amide bonds. The Morgan fingerprint density at radius 2 is 1.78 bits per heavy atom. The van der Waals surface area contributed by atoms with Crippen molar-refractivity contribution in [1.82, 2.24) is 4.90 Å². The van der Waals surface area contributed by atoms with Crippen LogP contribution in [0.15, 0.2) is 71.2 Å². The Hall–Kier alpha value is -3.42. The van der Waals surface area contributed by atoms with Gasteiger partial charge in [-0.2, -0.15) is 0 Å². The first-order valence-electron chi connectivity index (χ1n) is 12.2. The van der Waals surface area contributed by atoms with Crippen molar-refractivity contribution in [3.8, 4) is 0 Å². The Balaban J connectivity index is 1.51. The normalized spacial score (nSPS) is 16.5. The highest BCUT2D eigenvalue weighted by Crippen LogP contribution is 2.39. The molecular weight excluding hydrogens is 518 g/mol. The molecule has 0 bridgehead atoms. The maximum Gasteiger partial charge on any atom is 0.303 e. The third kappa shape index (κ3) is 5.53. The molecule has 0 aromatic heterocycles. The van der Waals surface area contributed by atoms with E-state index in [0.717, 1.165) is 52.2 Å². The van der Waals surface area contributed by atoms with Crippen molar-refractivity contribution in [2.45, 2.75) is 32.2 Å². The summed E-state index contributed by atoms with van der Waals surface area (Å²) in [5.74, 6) is -1.01. The SMILES string of the molecule is O=C(O)CCc1cccc(C(Nc2ccc(CN3CCCC3)cc2)=C2C(=O)Nc3cc(Br)ccc32)c1. The number of aryl methyl sites for hydroxylation is 1. The van der Waals surface area contributed by atoms with Crippen LogP contribution < -0.4 is 10.6 Å². The molecule has 0 saturated carbocycles. The van der Waals surface area contributed by atoms with Crippen molar-refractivity contribution in [3.05, 3.63) is 93.5 Å². The fraction of sp³-hybridized carbons (Fsp3) is 0.241. The number of nitrogens with one attached hydrogen (secondary N) is 2. The molecule has 7 heteroatoms. The molecule has 0 aliphatic carbocycles. The van der Waals surface area contributed by atoms with E-state index in [2.05, 4.69) is 55.7 Å². The van der Waals surface area contributed by atoms with E-state index in [1.54, 1.807) is 0 Å². The summed E-state index contributed by atoms with van der Waals surface area (Å²) >= 11 is 3.48. The summed E-state index contributed by atoms with van der Waals surface area (Å²) in [7, 11) is 0. The number of nitrogens with zero attached hydrogens (tertiary/aromatic N) is 1. The van der Waals surface area contributed by atoms with Crippen LogP contribution in [0, 0.1) is 0 Å². The molecule has 0 spiro atoms. The number of likely N-dealkylation sites (tertiary alicyclic amines) is 1. The molecule has 3 N–H and O–H groups in total. The number of carboxylic acids is 1. The molecule has 1 fully saturated rings. The van der Waals surface area contributed by atoms with E-state index < -0.39 is 5.97 Å². The number of anilines is 2. The van der Waals surface area contributed by atoms with Gasteiger partial charge in [-0.05, 0) is 79.4 Å². The lowest BCUT2D eigenvalue weighted by atomic mass is 9.97. The zero-order valence-electron chi connectivity index (χ0n) is 19.9. The van der Waals surface area contributed by atoms with Gasteiger partial charge in [-0.1, -0.05) is 52.3 Å². The predicted molar refractivity (Wildman–Crippen MR) is 147 cm³/mol. The van der Waals surface area contributed by atoms with Gasteiger partial charge >= 0.3 is 5.97 Å². The average Bonchev–Trinajstić information content (AvgIpc) is 3.49. The number of rotatable bonds is 8. The quantitative estimate of drug-likeness (QED) is 0.302. The van der Waals surface area contributed by atoms with E-state index in [9.17, 15) is 9.59 Å². The van der Waals surface area contributed by atoms with Crippen LogP contribution in [-0.4, -0.2) is 35.0 Å². The fourth-order valence-corrected chi connectivity index (χ4v) is 5.20. The first-order valence-corrected chi connectivity index (χ1v) is 13.0. The van der Waals surface area contributed by atoms with Gasteiger partial charge in [-0.15, -0.1) is 0 Å². The first-order chi connectivity index (χ1) is 17.5. The van der Waals surface area contributed by atoms with Crippen molar-refractivity contribution >= 4 is 50.5 Å². The monoisotopic (exact) mass is 545 g/mol. The predicted octanol–water partition coefficient (Wildman–Crippen LogP) is 5.99. The van der Waals surface area contributed by atoms with Crippen molar-refractivity contribution in [2.75, 3.05) is 23.7 Å². The fourth-order valence-electron chi connectivity index (χ4n) is 4.84. The molecule has 2 heterocycles. The van der Waals surface area contributed by atoms with Gasteiger partial charge in [0.25, 0.3) is 5.91 Å². The number of benzene rings is 3. The average molecular weight is 546 g/mol. The van der Waals surface area contributed by atoms with Crippen LogP contribution in [0.1, 0.15) is 41.5 Å². The third-order valence-corrected chi connectivity index (χ3v) is 7.14. The zero-order valence-corrected chi connectivity index (χ0v) is 21.5. The number of fused-ring (bicyclic) bond motifs is 1. The maximum atomic E-state index is 13.2. The van der Waals surface area contributed by atoms with Crippen molar-refractivity contribution < 1.29 is 14.7 Å². The van der Waals surface area contributed by atoms with Crippen LogP contribution in [0.4, 0.5) is 11.4 Å². The number of hydrogen-bond donors (Lipinski definition) is 3. The van der Waals surface area contributed by atoms with Gasteiger partial charge in [0.15, 0.2) is 0 Å². The van der Waals surface area contributed by atoms with E-state index in [0.29, 0.717) is 17.7 Å². The van der Waals surface area contributed by atoms with Gasteiger partial charge < -0.3 is 15.7 Å². The molecule has 3 aromatic rings. The molecular formula is C29H28BrN3O3. The number of aliphatic carboxylic acids is 1. The molecule has 6 nitrogen and oxygen atoms in total. The van der Waals surface area contributed by atoms with Gasteiger partial charge in [0, 0.05) is 28.7 Å². The largest absolute Gasteiger partial charge is 0.481 e. The van der Waals surface area contributed by atoms with Crippen LogP contribution in [-0.2, 0) is 22.6 Å². The zero-order chi connectivity index (χ0) is 25.1. The second-order valence-electron chi connectivity index (χ2n) is 9.29. The Bertz CT molecular complexity index is 1330. The molecule has 3 aromatic carbocycles. The van der Waals surface area contributed by atoms with E-state index >= 15 is 0 Å². The summed E-state index contributed by atoms with van der Waals surface area (Å²) in [4.78, 5) is 26.8. The van der Waals surface area contributed by atoms with Gasteiger partial charge in [-0.25, -0.2) is 0 Å². The Labute approximate surface area is 219 Å². The van der Waals surface area contributed by atoms with Gasteiger partial charge in [0.2, 0.25) is 0 Å². The highest BCUT2D eigenvalue weighted by atomic mass is 79.9. The second kappa shape index (κ2) is 10.7. The van der Waals surface area contributed by atoms with E-state index in [1.807, 2.05) is 42.5 Å². The van der Waals surface area contributed by atoms with Gasteiger partial charge in [-0.3, -0.25) is 14.5 Å². The lowest BCUT2D eigenvalue weighted by molar-refractivity contribution is -0.137. The Morgan fingerprint density at radius 3 is 2.53 bits per heavy atom. The summed E-state index contributed by atoms with van der Waals surface area (Å²) in [5, 5.41) is 15.6. The van der Waals surface area contributed by atoms with Crippen LogP contribution >= 0.6 is 15.9 Å². The molecule has 184 valence electrons. The van der Waals surface area contributed by atoms with Gasteiger partial charge in [0.05, 0.1) is 17.0 Å². The van der Waals surface area contributed by atoms with Crippen molar-refractivity contribution in [1.29, 1.82) is 0 Å². The number of amides is 1. The molecule has 2 aliphatic heterocycles. The minimum Gasteiger partial charge on any atom is -0.481 e. The summed E-state index contributed by atoms with van der Waals surface area (Å²) in [6.45, 7) is 3.25. The Kier molecular flexibility index (Phi) is 7.20. The van der Waals surface area contributed by atoms with Crippen molar-refractivity contribution in [3.63, 3.8) is 0 Å². The van der Waals surface area contributed by atoms with E-state index in [-0.39, 0.29) is 12.3 Å². The van der Waals surface area contributed by atoms with Crippen LogP contribution in [0.3, 0.4) is 0 Å². The summed E-state index contributed by atoms with van der Waals surface area (Å²) in [6.07, 6.45) is 3.01. The van der Waals surface area contributed by atoms with E-state index in [1.165, 1.54) is 18.4 Å². The lowest BCUT2D eigenvalue weighted by Gasteiger charge is -2.17. The van der Waals surface area contributed by atoms with E-state index in [4.69, 9.17) is 5.11 Å². The first kappa shape index (κ1) is 24.3. The van der Waals surface area contributed by atoms with Crippen LogP contribution in [0.2, 0.25) is 0 Å². The summed E-state index contributed by atoms with van der Waals surface area (Å²) in [5.41, 5.74) is 6.73. The summed E-state index contributed by atoms with van der Waals surface area (Å²) < 4.78 is 0.890. The number of carboxylic acid groups (broad SMARTS) is 1. The minimum atomic E-state index is -0.833. The highest BCUT2D eigenvalue weighted by Gasteiger charge is 2.28. The smallest absolute Gasteiger partial charge is 0.303 e. The molecule has 5 rings (SSSR count). The Morgan fingerprint density at radius 1 is 1.00 bits per heavy atom. The molecule has 36 heavy (non-hydrogen) atoms. The number of halogens is 1. The third-order valence-electron chi connectivity index (χ3n) is 6.65. The summed E-state index contributed by atoms with van der Waals surface area (Å²) in [6, 6.07) is 21.9. The van der Waals surface area contributed by atoms with Gasteiger partial charge in [0.1, 0.15) is 0 Å². The molecule has 0 atom stereocenters. The number of carbonyl (C=O) groups excluding carboxylic acids is 1. The second-order valence-corrected chi connectivity index (χ2v) is 10.2.